The first kappa shape index (κ1) is 27.2. The number of ketones is 1. The van der Waals surface area contributed by atoms with Gasteiger partial charge in [-0.2, -0.15) is 0 Å². The smallest absolute Gasteiger partial charge is 0.333 e. The molecule has 0 bridgehead atoms. The lowest BCUT2D eigenvalue weighted by molar-refractivity contribution is -0.139. The summed E-state index contributed by atoms with van der Waals surface area (Å²) in [4.78, 5) is 23.7. The van der Waals surface area contributed by atoms with Crippen LogP contribution in [0.3, 0.4) is 0 Å². The number of ether oxygens (including phenoxy) is 2. The van der Waals surface area contributed by atoms with Crippen LogP contribution in [0, 0.1) is 0 Å². The Labute approximate surface area is 203 Å². The second-order valence-electron chi connectivity index (χ2n) is 8.67. The molecule has 0 unspecified atom stereocenters. The van der Waals surface area contributed by atoms with Gasteiger partial charge in [0.15, 0.2) is 5.78 Å². The maximum atomic E-state index is 12.5. The highest BCUT2D eigenvalue weighted by Gasteiger charge is 2.14. The van der Waals surface area contributed by atoms with Gasteiger partial charge in [0.1, 0.15) is 11.5 Å². The fraction of sp³-hybridized carbons (Fsp3) is 0.448. The van der Waals surface area contributed by atoms with Crippen molar-refractivity contribution in [2.45, 2.75) is 71.1 Å². The van der Waals surface area contributed by atoms with Crippen LogP contribution in [0.1, 0.15) is 87.1 Å². The summed E-state index contributed by atoms with van der Waals surface area (Å²) in [6.45, 7) is 6.32. The molecule has 5 nitrogen and oxygen atoms in total. The van der Waals surface area contributed by atoms with E-state index in [0.29, 0.717) is 30.1 Å². The number of phenolic OH excluding ortho intramolecular Hbond substituents is 1. The van der Waals surface area contributed by atoms with Crippen LogP contribution in [0.25, 0.3) is 0 Å². The minimum absolute atomic E-state index is 0.0563. The molecule has 0 aliphatic rings. The van der Waals surface area contributed by atoms with E-state index in [4.69, 9.17) is 9.47 Å². The highest BCUT2D eigenvalue weighted by molar-refractivity contribution is 6.10. The largest absolute Gasteiger partial charge is 0.507 e. The van der Waals surface area contributed by atoms with Gasteiger partial charge in [0.2, 0.25) is 0 Å². The molecule has 0 aliphatic carbocycles. The summed E-state index contributed by atoms with van der Waals surface area (Å²) >= 11 is 0. The molecule has 2 rings (SSSR count). The van der Waals surface area contributed by atoms with E-state index in [2.05, 4.69) is 6.58 Å². The molecule has 2 aromatic rings. The van der Waals surface area contributed by atoms with Crippen molar-refractivity contribution >= 4 is 11.8 Å². The molecule has 0 saturated carbocycles. The molecule has 0 saturated heterocycles. The predicted molar refractivity (Wildman–Crippen MR) is 135 cm³/mol. The molecule has 0 fully saturated rings. The molecule has 1 N–H and O–H groups in total. The molecule has 184 valence electrons. The Bertz CT molecular complexity index is 904. The fourth-order valence-electron chi connectivity index (χ4n) is 3.63. The molecule has 0 amide bonds. The standard InChI is InChI=1S/C29H38O5/c1-23(2)29(32)34-21-15-10-8-6-4-3-5-7-9-14-20-33-25-18-19-26(27(30)22-25)28(31)24-16-12-11-13-17-24/h11-13,16-19,22,30H,1,3-10,14-15,20-21H2,2H3. The van der Waals surface area contributed by atoms with Crippen molar-refractivity contribution in [2.24, 2.45) is 0 Å². The zero-order chi connectivity index (χ0) is 24.6. The van der Waals surface area contributed by atoms with E-state index in [-0.39, 0.29) is 23.1 Å². The van der Waals surface area contributed by atoms with E-state index in [1.165, 1.54) is 44.6 Å². The van der Waals surface area contributed by atoms with Crippen LogP contribution < -0.4 is 4.74 Å². The number of unbranched alkanes of at least 4 members (excludes halogenated alkanes) is 9. The second kappa shape index (κ2) is 15.7. The van der Waals surface area contributed by atoms with Gasteiger partial charge in [-0.25, -0.2) is 4.79 Å². The zero-order valence-electron chi connectivity index (χ0n) is 20.4. The molecule has 0 atom stereocenters. The number of aromatic hydroxyl groups is 1. The van der Waals surface area contributed by atoms with Crippen molar-refractivity contribution in [1.29, 1.82) is 0 Å². The average Bonchev–Trinajstić information content (AvgIpc) is 2.84. The van der Waals surface area contributed by atoms with Crippen molar-refractivity contribution in [3.8, 4) is 11.5 Å². The summed E-state index contributed by atoms with van der Waals surface area (Å²) in [6, 6.07) is 13.8. The predicted octanol–water partition coefficient (Wildman–Crippen LogP) is 7.02. The van der Waals surface area contributed by atoms with E-state index >= 15 is 0 Å². The van der Waals surface area contributed by atoms with Gasteiger partial charge in [-0.05, 0) is 31.9 Å². The normalized spacial score (nSPS) is 10.6. The summed E-state index contributed by atoms with van der Waals surface area (Å²) < 4.78 is 10.8. The van der Waals surface area contributed by atoms with Crippen molar-refractivity contribution in [1.82, 2.24) is 0 Å². The van der Waals surface area contributed by atoms with Crippen LogP contribution in [0.5, 0.6) is 11.5 Å². The Morgan fingerprint density at radius 1 is 0.794 bits per heavy atom. The van der Waals surface area contributed by atoms with E-state index < -0.39 is 0 Å². The number of hydrogen-bond acceptors (Lipinski definition) is 5. The van der Waals surface area contributed by atoms with E-state index in [1.807, 2.05) is 6.07 Å². The minimum atomic E-state index is -0.295. The van der Waals surface area contributed by atoms with Crippen LogP contribution in [-0.4, -0.2) is 30.1 Å². The van der Waals surface area contributed by atoms with Gasteiger partial charge in [-0.15, -0.1) is 0 Å². The van der Waals surface area contributed by atoms with Gasteiger partial charge in [-0.1, -0.05) is 88.3 Å². The number of hydrogen-bond donors (Lipinski definition) is 1. The van der Waals surface area contributed by atoms with Gasteiger partial charge in [-0.3, -0.25) is 4.79 Å². The van der Waals surface area contributed by atoms with Crippen LogP contribution in [0.15, 0.2) is 60.7 Å². The summed E-state index contributed by atoms with van der Waals surface area (Å²) in [7, 11) is 0. The maximum Gasteiger partial charge on any atom is 0.333 e. The van der Waals surface area contributed by atoms with Gasteiger partial charge < -0.3 is 14.6 Å². The summed E-state index contributed by atoms with van der Waals surface area (Å²) in [5, 5.41) is 10.2. The van der Waals surface area contributed by atoms with Crippen molar-refractivity contribution in [3.63, 3.8) is 0 Å². The van der Waals surface area contributed by atoms with Crippen molar-refractivity contribution < 1.29 is 24.2 Å². The van der Waals surface area contributed by atoms with Crippen LogP contribution in [-0.2, 0) is 9.53 Å². The number of carbonyl (C=O) groups is 2. The second-order valence-corrected chi connectivity index (χ2v) is 8.67. The SMILES string of the molecule is C=C(C)C(=O)OCCCCCCCCCCCCOc1ccc(C(=O)c2ccccc2)c(O)c1. The molecular weight excluding hydrogens is 428 g/mol. The molecule has 2 aromatic carbocycles. The third-order valence-corrected chi connectivity index (χ3v) is 5.64. The molecule has 0 spiro atoms. The number of rotatable bonds is 17. The Hall–Kier alpha value is -3.08. The van der Waals surface area contributed by atoms with E-state index in [1.54, 1.807) is 43.3 Å². The number of phenols is 1. The zero-order valence-corrected chi connectivity index (χ0v) is 20.4. The third kappa shape index (κ3) is 10.2. The third-order valence-electron chi connectivity index (χ3n) is 5.64. The summed E-state index contributed by atoms with van der Waals surface area (Å²) in [5.74, 6) is 0.0289. The van der Waals surface area contributed by atoms with Crippen LogP contribution in [0.4, 0.5) is 0 Å². The number of benzene rings is 2. The Morgan fingerprint density at radius 3 is 1.91 bits per heavy atom. The lowest BCUT2D eigenvalue weighted by Crippen LogP contribution is -2.05. The maximum absolute atomic E-state index is 12.5. The van der Waals surface area contributed by atoms with E-state index in [9.17, 15) is 14.7 Å². The molecule has 0 aliphatic heterocycles. The Kier molecular flexibility index (Phi) is 12.5. The minimum Gasteiger partial charge on any atom is -0.507 e. The van der Waals surface area contributed by atoms with Gasteiger partial charge in [0.05, 0.1) is 18.8 Å². The number of esters is 1. The van der Waals surface area contributed by atoms with E-state index in [0.717, 1.165) is 25.7 Å². The Morgan fingerprint density at radius 2 is 1.35 bits per heavy atom. The number of carbonyl (C=O) groups excluding carboxylic acids is 2. The van der Waals surface area contributed by atoms with Crippen molar-refractivity contribution in [2.75, 3.05) is 13.2 Å². The molecule has 0 heterocycles. The lowest BCUT2D eigenvalue weighted by atomic mass is 10.0. The van der Waals surface area contributed by atoms with Crippen LogP contribution in [0.2, 0.25) is 0 Å². The molecular formula is C29H38O5. The Balaban J connectivity index is 1.47. The first-order valence-electron chi connectivity index (χ1n) is 12.4. The monoisotopic (exact) mass is 466 g/mol. The summed E-state index contributed by atoms with van der Waals surface area (Å²) in [6.07, 6.45) is 11.4. The fourth-order valence-corrected chi connectivity index (χ4v) is 3.63. The molecule has 0 aromatic heterocycles. The highest BCUT2D eigenvalue weighted by atomic mass is 16.5. The highest BCUT2D eigenvalue weighted by Crippen LogP contribution is 2.26. The average molecular weight is 467 g/mol. The lowest BCUT2D eigenvalue weighted by Gasteiger charge is -2.09. The molecule has 0 radical (unpaired) electrons. The first-order chi connectivity index (χ1) is 16.5. The summed E-state index contributed by atoms with van der Waals surface area (Å²) in [5.41, 5.74) is 1.29. The first-order valence-corrected chi connectivity index (χ1v) is 12.4. The molecule has 34 heavy (non-hydrogen) atoms. The topological polar surface area (TPSA) is 72.8 Å². The van der Waals surface area contributed by atoms with Crippen LogP contribution >= 0.6 is 0 Å². The van der Waals surface area contributed by atoms with Gasteiger partial charge in [0, 0.05) is 17.2 Å². The van der Waals surface area contributed by atoms with Crippen molar-refractivity contribution in [3.05, 3.63) is 71.8 Å². The van der Waals surface area contributed by atoms with Gasteiger partial charge >= 0.3 is 5.97 Å². The van der Waals surface area contributed by atoms with Gasteiger partial charge in [0.25, 0.3) is 0 Å². The molecule has 5 heteroatoms. The quantitative estimate of drug-likeness (QED) is 0.117.